The van der Waals surface area contributed by atoms with Crippen molar-refractivity contribution in [2.45, 2.75) is 12.8 Å². The van der Waals surface area contributed by atoms with Gasteiger partial charge in [-0.15, -0.1) is 11.6 Å². The fourth-order valence-electron chi connectivity index (χ4n) is 2.26. The van der Waals surface area contributed by atoms with E-state index in [1.165, 1.54) is 14.2 Å². The third kappa shape index (κ3) is 4.86. The van der Waals surface area contributed by atoms with E-state index in [0.29, 0.717) is 47.0 Å². The van der Waals surface area contributed by atoms with Gasteiger partial charge in [-0.3, -0.25) is 9.78 Å². The second-order valence-corrected chi connectivity index (χ2v) is 5.30. The van der Waals surface area contributed by atoms with Gasteiger partial charge < -0.3 is 9.47 Å². The van der Waals surface area contributed by atoms with Crippen LogP contribution in [-0.2, 0) is 6.42 Å². The zero-order valence-corrected chi connectivity index (χ0v) is 14.7. The first-order valence-corrected chi connectivity index (χ1v) is 8.10. The van der Waals surface area contributed by atoms with Crippen LogP contribution in [0.2, 0.25) is 0 Å². The van der Waals surface area contributed by atoms with Crippen LogP contribution < -0.4 is 14.4 Å². The van der Waals surface area contributed by atoms with E-state index in [2.05, 4.69) is 20.1 Å². The number of aromatic nitrogens is 1. The smallest absolute Gasteiger partial charge is 0.361 e. The molecule has 0 fully saturated rings. The number of nitrogens with zero attached hydrogens (tertiary/aromatic N) is 4. The molecule has 25 heavy (non-hydrogen) atoms. The minimum Gasteiger partial charge on any atom is -0.493 e. The van der Waals surface area contributed by atoms with Crippen LogP contribution in [0.4, 0.5) is 5.69 Å². The summed E-state index contributed by atoms with van der Waals surface area (Å²) < 4.78 is 10.7. The molecule has 130 valence electrons. The summed E-state index contributed by atoms with van der Waals surface area (Å²) in [4.78, 5) is 19.9. The molecule has 2 rings (SSSR count). The van der Waals surface area contributed by atoms with Gasteiger partial charge in [0.2, 0.25) is 10.0 Å². The number of benzene rings is 1. The van der Waals surface area contributed by atoms with Crippen molar-refractivity contribution in [2.75, 3.05) is 20.1 Å². The highest BCUT2D eigenvalue weighted by atomic mass is 35.5. The van der Waals surface area contributed by atoms with Gasteiger partial charge in [0.25, 0.3) is 0 Å². The van der Waals surface area contributed by atoms with Crippen molar-refractivity contribution in [2.24, 2.45) is 10.2 Å². The highest BCUT2D eigenvalue weighted by Gasteiger charge is 2.21. The Bertz CT molecular complexity index is 790. The Morgan fingerprint density at radius 3 is 2.60 bits per heavy atom. The molecular weight excluding hydrogens is 344 g/mol. The summed E-state index contributed by atoms with van der Waals surface area (Å²) in [5.41, 5.74) is 1.63. The van der Waals surface area contributed by atoms with E-state index in [4.69, 9.17) is 21.1 Å². The van der Waals surface area contributed by atoms with Crippen molar-refractivity contribution in [3.8, 4) is 11.5 Å². The molecule has 7 nitrogen and oxygen atoms in total. The van der Waals surface area contributed by atoms with Gasteiger partial charge in [-0.2, -0.15) is 0 Å². The molecule has 0 unspecified atom stereocenters. The molecular formula is C17H18ClN4O3+. The van der Waals surface area contributed by atoms with Crippen molar-refractivity contribution in [1.29, 1.82) is 0 Å². The van der Waals surface area contributed by atoms with Gasteiger partial charge in [0.05, 0.1) is 19.8 Å². The maximum absolute atomic E-state index is 12.4. The number of methoxy groups -OCH3 is 2. The lowest BCUT2D eigenvalue weighted by Gasteiger charge is -2.14. The topological polar surface area (TPSA) is 87.2 Å². The highest BCUT2D eigenvalue weighted by molar-refractivity contribution is 6.17. The molecule has 0 N–H and O–H groups in total. The maximum Gasteiger partial charge on any atom is 0.361 e. The van der Waals surface area contributed by atoms with Crippen molar-refractivity contribution >= 4 is 23.2 Å². The average molecular weight is 362 g/mol. The molecule has 1 heterocycles. The monoisotopic (exact) mass is 361 g/mol. The van der Waals surface area contributed by atoms with E-state index in [-0.39, 0.29) is 0 Å². The number of hydrogen-bond donors (Lipinski definition) is 0. The van der Waals surface area contributed by atoms with Crippen molar-refractivity contribution in [3.63, 3.8) is 0 Å². The second-order valence-electron chi connectivity index (χ2n) is 4.92. The molecule has 0 saturated carbocycles. The summed E-state index contributed by atoms with van der Waals surface area (Å²) in [6.07, 6.45) is 4.40. The SMILES string of the molecule is COc1ccc(C(=O)N=[N+]=Nc2ccncc2)c(CCCCl)c1OC. The van der Waals surface area contributed by atoms with Crippen LogP contribution in [0.1, 0.15) is 22.3 Å². The maximum atomic E-state index is 12.4. The lowest BCUT2D eigenvalue weighted by Crippen LogP contribution is -2.06. The average Bonchev–Trinajstić information content (AvgIpc) is 2.66. The first kappa shape index (κ1) is 18.6. The third-order valence-electron chi connectivity index (χ3n) is 3.40. The van der Waals surface area contributed by atoms with Gasteiger partial charge in [-0.05, 0) is 37.1 Å². The lowest BCUT2D eigenvalue weighted by atomic mass is 10.0. The number of ether oxygens (including phenoxy) is 2. The molecule has 0 bridgehead atoms. The van der Waals surface area contributed by atoms with Gasteiger partial charge in [0.15, 0.2) is 22.3 Å². The molecule has 0 radical (unpaired) electrons. The van der Waals surface area contributed by atoms with Crippen LogP contribution in [0.25, 0.3) is 0 Å². The minimum atomic E-state index is -0.511. The van der Waals surface area contributed by atoms with E-state index in [0.717, 1.165) is 0 Å². The molecule has 0 aliphatic rings. The Morgan fingerprint density at radius 1 is 1.20 bits per heavy atom. The normalized spacial score (nSPS) is 9.88. The van der Waals surface area contributed by atoms with Crippen molar-refractivity contribution in [3.05, 3.63) is 47.8 Å². The zero-order valence-electron chi connectivity index (χ0n) is 14.0. The number of amides is 1. The van der Waals surface area contributed by atoms with Crippen LogP contribution in [0.15, 0.2) is 46.9 Å². The van der Waals surface area contributed by atoms with Crippen LogP contribution in [-0.4, -0.2) is 31.0 Å². The summed E-state index contributed by atoms with van der Waals surface area (Å²) in [5.74, 6) is 0.998. The number of carbonyl (C=O) groups excluding carboxylic acids is 1. The van der Waals surface area contributed by atoms with Crippen LogP contribution in [0.5, 0.6) is 11.5 Å². The standard InChI is InChI=1S/C17H18ClN4O3/c1-24-15-6-5-14(13(4-3-9-18)16(15)25-2)17(23)21-22-20-12-7-10-19-11-8-12/h5-8,10-11H,3-4,9H2,1-2H3/q+1. The highest BCUT2D eigenvalue weighted by Crippen LogP contribution is 2.34. The van der Waals surface area contributed by atoms with E-state index in [1.54, 1.807) is 36.7 Å². The molecule has 2 aromatic rings. The van der Waals surface area contributed by atoms with Crippen LogP contribution >= 0.6 is 11.6 Å². The summed E-state index contributed by atoms with van der Waals surface area (Å²) in [5, 5.41) is 7.52. The first-order valence-electron chi connectivity index (χ1n) is 7.57. The third-order valence-corrected chi connectivity index (χ3v) is 3.66. The summed E-state index contributed by atoms with van der Waals surface area (Å²) in [7, 11) is 3.06. The fourth-order valence-corrected chi connectivity index (χ4v) is 2.40. The Hall–Kier alpha value is -2.76. The molecule has 0 atom stereocenters. The van der Waals surface area contributed by atoms with Gasteiger partial charge in [-0.25, -0.2) is 0 Å². The molecule has 8 heteroatoms. The molecule has 0 saturated heterocycles. The zero-order chi connectivity index (χ0) is 18.1. The van der Waals surface area contributed by atoms with E-state index >= 15 is 0 Å². The number of alkyl halides is 1. The second kappa shape index (κ2) is 9.52. The quantitative estimate of drug-likeness (QED) is 0.427. The van der Waals surface area contributed by atoms with Gasteiger partial charge >= 0.3 is 5.91 Å². The Morgan fingerprint density at radius 2 is 1.96 bits per heavy atom. The van der Waals surface area contributed by atoms with Crippen molar-refractivity contribution < 1.29 is 14.3 Å². The van der Waals surface area contributed by atoms with Crippen LogP contribution in [0, 0.1) is 0 Å². The van der Waals surface area contributed by atoms with E-state index < -0.39 is 5.91 Å². The molecule has 0 aliphatic carbocycles. The van der Waals surface area contributed by atoms with Gasteiger partial charge in [0, 0.05) is 23.8 Å². The number of hydrogen-bond acceptors (Lipinski definition) is 5. The van der Waals surface area contributed by atoms with Crippen molar-refractivity contribution in [1.82, 2.24) is 9.90 Å². The molecule has 1 aromatic carbocycles. The largest absolute Gasteiger partial charge is 0.493 e. The Kier molecular flexibility index (Phi) is 7.07. The van der Waals surface area contributed by atoms with Gasteiger partial charge in [-0.1, -0.05) is 0 Å². The predicted molar refractivity (Wildman–Crippen MR) is 93.8 cm³/mol. The molecule has 1 amide bonds. The van der Waals surface area contributed by atoms with Gasteiger partial charge in [0.1, 0.15) is 0 Å². The summed E-state index contributed by atoms with van der Waals surface area (Å²) in [6, 6.07) is 6.61. The molecule has 0 aliphatic heterocycles. The number of pyridine rings is 1. The first-order chi connectivity index (χ1) is 12.2. The molecule has 0 spiro atoms. The van der Waals surface area contributed by atoms with E-state index in [1.807, 2.05) is 0 Å². The van der Waals surface area contributed by atoms with Crippen LogP contribution in [0.3, 0.4) is 0 Å². The number of halogens is 1. The summed E-state index contributed by atoms with van der Waals surface area (Å²) in [6.45, 7) is 0. The predicted octanol–water partition coefficient (Wildman–Crippen LogP) is 3.71. The lowest BCUT2D eigenvalue weighted by molar-refractivity contribution is 0.0991. The molecule has 1 aromatic heterocycles. The fraction of sp³-hybridized carbons (Fsp3) is 0.294. The minimum absolute atomic E-state index is 0.386. The van der Waals surface area contributed by atoms with E-state index in [9.17, 15) is 4.79 Å². The number of carbonyl (C=O) groups is 1. The Balaban J connectivity index is 2.36. The number of rotatable bonds is 7. The summed E-state index contributed by atoms with van der Waals surface area (Å²) >= 11 is 5.78. The Labute approximate surface area is 150 Å².